The quantitative estimate of drug-likeness (QED) is 0.431. The second-order valence-electron chi connectivity index (χ2n) is 9.68. The molecule has 2 atom stereocenters. The van der Waals surface area contributed by atoms with Gasteiger partial charge < -0.3 is 31.1 Å². The van der Waals surface area contributed by atoms with Gasteiger partial charge >= 0.3 is 6.09 Å². The summed E-state index contributed by atoms with van der Waals surface area (Å²) in [7, 11) is 0. The number of hydrogen-bond acceptors (Lipinski definition) is 6. The number of aliphatic hydroxyl groups is 1. The van der Waals surface area contributed by atoms with Crippen LogP contribution in [0.1, 0.15) is 59.6 Å². The smallest absolute Gasteiger partial charge is 0.408 e. The number of nitrogens with one attached hydrogen (secondary N) is 2. The number of carbonyl (C=O) groups is 4. The number of rotatable bonds is 9. The van der Waals surface area contributed by atoms with Crippen LogP contribution in [0.25, 0.3) is 0 Å². The molecule has 0 saturated heterocycles. The monoisotopic (exact) mass is 464 g/mol. The minimum absolute atomic E-state index is 0.221. The van der Waals surface area contributed by atoms with Crippen LogP contribution in [0, 0.1) is 0 Å². The van der Waals surface area contributed by atoms with Crippen molar-refractivity contribution in [3.05, 3.63) is 35.9 Å². The Morgan fingerprint density at radius 2 is 1.64 bits per heavy atom. The van der Waals surface area contributed by atoms with E-state index in [1.807, 2.05) is 0 Å². The molecule has 4 amide bonds. The number of primary amides is 1. The van der Waals surface area contributed by atoms with Gasteiger partial charge in [0.05, 0.1) is 13.0 Å². The summed E-state index contributed by atoms with van der Waals surface area (Å²) in [5.41, 5.74) is 4.37. The van der Waals surface area contributed by atoms with Gasteiger partial charge in [0.1, 0.15) is 17.7 Å². The van der Waals surface area contributed by atoms with Crippen molar-refractivity contribution in [1.82, 2.24) is 15.5 Å². The van der Waals surface area contributed by atoms with E-state index in [0.29, 0.717) is 5.56 Å². The van der Waals surface area contributed by atoms with Gasteiger partial charge in [0.15, 0.2) is 0 Å². The summed E-state index contributed by atoms with van der Waals surface area (Å²) in [4.78, 5) is 51.8. The fourth-order valence-electron chi connectivity index (χ4n) is 3.07. The lowest BCUT2D eigenvalue weighted by atomic mass is 10.0. The van der Waals surface area contributed by atoms with Crippen LogP contribution >= 0.6 is 0 Å². The average Bonchev–Trinajstić information content (AvgIpc) is 2.64. The fourth-order valence-corrected chi connectivity index (χ4v) is 3.07. The van der Waals surface area contributed by atoms with Crippen LogP contribution < -0.4 is 16.4 Å². The third-order valence-corrected chi connectivity index (χ3v) is 4.19. The number of benzene rings is 1. The van der Waals surface area contributed by atoms with E-state index in [1.54, 1.807) is 71.9 Å². The van der Waals surface area contributed by atoms with Crippen molar-refractivity contribution in [2.45, 2.75) is 71.2 Å². The molecule has 0 aliphatic carbocycles. The molecular weight excluding hydrogens is 428 g/mol. The fraction of sp³-hybridized carbons (Fsp3) is 0.565. The normalized spacial score (nSPS) is 13.4. The second-order valence-corrected chi connectivity index (χ2v) is 9.68. The number of aliphatic hydroxyl groups excluding tert-OH is 1. The SMILES string of the molecule is CC(C)(C)NC(=O)C(c1ccccc1)N(CCO)C(=O)C(CC(N)=O)NC(=O)OC(C)(C)C. The lowest BCUT2D eigenvalue weighted by molar-refractivity contribution is -0.144. The molecule has 0 heterocycles. The molecule has 1 aromatic carbocycles. The summed E-state index contributed by atoms with van der Waals surface area (Å²) in [6.45, 7) is 9.67. The van der Waals surface area contributed by atoms with Crippen LogP contribution in [0.5, 0.6) is 0 Å². The Labute approximate surface area is 194 Å². The van der Waals surface area contributed by atoms with E-state index in [1.165, 1.54) is 0 Å². The van der Waals surface area contributed by atoms with Crippen LogP contribution in [0.4, 0.5) is 4.79 Å². The van der Waals surface area contributed by atoms with Gasteiger partial charge in [-0.15, -0.1) is 0 Å². The number of hydrogen-bond donors (Lipinski definition) is 4. The highest BCUT2D eigenvalue weighted by atomic mass is 16.6. The molecule has 10 heteroatoms. The van der Waals surface area contributed by atoms with Crippen molar-refractivity contribution in [2.75, 3.05) is 13.2 Å². The maximum atomic E-state index is 13.5. The minimum Gasteiger partial charge on any atom is -0.444 e. The number of ether oxygens (including phenoxy) is 1. The molecule has 0 aliphatic rings. The molecule has 33 heavy (non-hydrogen) atoms. The van der Waals surface area contributed by atoms with E-state index in [4.69, 9.17) is 10.5 Å². The summed E-state index contributed by atoms with van der Waals surface area (Å²) in [5, 5.41) is 14.9. The van der Waals surface area contributed by atoms with Gasteiger partial charge in [-0.25, -0.2) is 4.79 Å². The highest BCUT2D eigenvalue weighted by molar-refractivity contribution is 5.94. The summed E-state index contributed by atoms with van der Waals surface area (Å²) in [5.74, 6) is -2.07. The van der Waals surface area contributed by atoms with Gasteiger partial charge in [0, 0.05) is 12.1 Å². The zero-order valence-corrected chi connectivity index (χ0v) is 20.2. The van der Waals surface area contributed by atoms with Gasteiger partial charge in [0.25, 0.3) is 0 Å². The molecule has 0 aromatic heterocycles. The zero-order chi connectivity index (χ0) is 25.4. The topological polar surface area (TPSA) is 151 Å². The lowest BCUT2D eigenvalue weighted by Gasteiger charge is -2.35. The molecule has 0 aliphatic heterocycles. The first-order chi connectivity index (χ1) is 15.1. The largest absolute Gasteiger partial charge is 0.444 e. The molecular formula is C23H36N4O6. The first kappa shape index (κ1) is 27.9. The summed E-state index contributed by atoms with van der Waals surface area (Å²) < 4.78 is 5.20. The van der Waals surface area contributed by atoms with Crippen molar-refractivity contribution < 1.29 is 29.0 Å². The van der Waals surface area contributed by atoms with Gasteiger partial charge in [-0.3, -0.25) is 14.4 Å². The third kappa shape index (κ3) is 9.90. The molecule has 184 valence electrons. The summed E-state index contributed by atoms with van der Waals surface area (Å²) in [6.07, 6.45) is -1.43. The number of nitrogens with two attached hydrogens (primary N) is 1. The van der Waals surface area contributed by atoms with Crippen LogP contribution in [-0.4, -0.2) is 64.2 Å². The number of nitrogens with zero attached hydrogens (tertiary/aromatic N) is 1. The summed E-state index contributed by atoms with van der Waals surface area (Å²) in [6, 6.07) is 6.03. The molecule has 0 bridgehead atoms. The Bertz CT molecular complexity index is 830. The Kier molecular flexibility index (Phi) is 9.84. The first-order valence-electron chi connectivity index (χ1n) is 10.7. The number of carbonyl (C=O) groups excluding carboxylic acids is 4. The standard InChI is InChI=1S/C23H36N4O6/c1-22(2,3)26-19(30)18(15-10-8-7-9-11-15)27(12-13-28)20(31)16(14-17(24)29)25-21(32)33-23(4,5)6/h7-11,16,18,28H,12-14H2,1-6H3,(H2,24,29)(H,25,32)(H,26,30). The number of amides is 4. The van der Waals surface area contributed by atoms with E-state index < -0.39 is 60.1 Å². The Balaban J connectivity index is 3.39. The molecule has 5 N–H and O–H groups in total. The maximum absolute atomic E-state index is 13.5. The highest BCUT2D eigenvalue weighted by Crippen LogP contribution is 2.23. The predicted molar refractivity (Wildman–Crippen MR) is 123 cm³/mol. The van der Waals surface area contributed by atoms with Gasteiger partial charge in [-0.05, 0) is 47.1 Å². The molecule has 0 saturated carbocycles. The molecule has 0 spiro atoms. The van der Waals surface area contributed by atoms with Crippen molar-refractivity contribution in [2.24, 2.45) is 5.73 Å². The van der Waals surface area contributed by atoms with Crippen LogP contribution in [0.3, 0.4) is 0 Å². The van der Waals surface area contributed by atoms with E-state index in [9.17, 15) is 24.3 Å². The lowest BCUT2D eigenvalue weighted by Crippen LogP contribution is -2.56. The Morgan fingerprint density at radius 3 is 2.09 bits per heavy atom. The van der Waals surface area contributed by atoms with E-state index in [2.05, 4.69) is 10.6 Å². The summed E-state index contributed by atoms with van der Waals surface area (Å²) >= 11 is 0. The minimum atomic E-state index is -1.39. The van der Waals surface area contributed by atoms with Crippen molar-refractivity contribution in [3.8, 4) is 0 Å². The predicted octanol–water partition coefficient (Wildman–Crippen LogP) is 1.23. The molecule has 2 unspecified atom stereocenters. The van der Waals surface area contributed by atoms with E-state index in [-0.39, 0.29) is 6.54 Å². The van der Waals surface area contributed by atoms with Crippen molar-refractivity contribution in [3.63, 3.8) is 0 Å². The average molecular weight is 465 g/mol. The number of alkyl carbamates (subject to hydrolysis) is 1. The van der Waals surface area contributed by atoms with Gasteiger partial charge in [-0.2, -0.15) is 0 Å². The van der Waals surface area contributed by atoms with Gasteiger partial charge in [0.2, 0.25) is 17.7 Å². The molecule has 10 nitrogen and oxygen atoms in total. The zero-order valence-electron chi connectivity index (χ0n) is 20.2. The van der Waals surface area contributed by atoms with E-state index >= 15 is 0 Å². The second kappa shape index (κ2) is 11.6. The first-order valence-corrected chi connectivity index (χ1v) is 10.7. The third-order valence-electron chi connectivity index (χ3n) is 4.19. The Hall–Kier alpha value is -3.14. The molecule has 0 fully saturated rings. The van der Waals surface area contributed by atoms with Crippen molar-refractivity contribution >= 4 is 23.8 Å². The van der Waals surface area contributed by atoms with Crippen molar-refractivity contribution in [1.29, 1.82) is 0 Å². The van der Waals surface area contributed by atoms with Crippen LogP contribution in [0.15, 0.2) is 30.3 Å². The van der Waals surface area contributed by atoms with Crippen LogP contribution in [0.2, 0.25) is 0 Å². The maximum Gasteiger partial charge on any atom is 0.408 e. The van der Waals surface area contributed by atoms with Gasteiger partial charge in [-0.1, -0.05) is 30.3 Å². The van der Waals surface area contributed by atoms with E-state index in [0.717, 1.165) is 4.90 Å². The highest BCUT2D eigenvalue weighted by Gasteiger charge is 2.37. The molecule has 1 aromatic rings. The molecule has 1 rings (SSSR count). The van der Waals surface area contributed by atoms with Crippen LogP contribution in [-0.2, 0) is 19.1 Å². The molecule has 0 radical (unpaired) electrons. The Morgan fingerprint density at radius 1 is 1.06 bits per heavy atom.